The molecule has 0 unspecified atom stereocenters. The van der Waals surface area contributed by atoms with Gasteiger partial charge in [-0.15, -0.1) is 0 Å². The van der Waals surface area contributed by atoms with Crippen LogP contribution in [-0.2, 0) is 4.79 Å². The van der Waals surface area contributed by atoms with Gasteiger partial charge in [0.15, 0.2) is 0 Å². The van der Waals surface area contributed by atoms with E-state index in [1.54, 1.807) is 12.2 Å². The molecule has 0 spiro atoms. The predicted molar refractivity (Wildman–Crippen MR) is 236 cm³/mol. The Bertz CT molecular complexity index is 1730. The summed E-state index contributed by atoms with van der Waals surface area (Å²) in [4.78, 5) is 12.1. The van der Waals surface area contributed by atoms with Crippen LogP contribution >= 0.6 is 0 Å². The monoisotopic (exact) mass is 749 g/mol. The van der Waals surface area contributed by atoms with Crippen molar-refractivity contribution >= 4 is 5.97 Å². The van der Waals surface area contributed by atoms with Gasteiger partial charge in [-0.25, -0.2) is 4.79 Å². The van der Waals surface area contributed by atoms with Crippen molar-refractivity contribution in [3.8, 4) is 0 Å². The first-order valence-electron chi connectivity index (χ1n) is 20.1. The fourth-order valence-corrected chi connectivity index (χ4v) is 7.68. The third-order valence-electron chi connectivity index (χ3n) is 11.8. The van der Waals surface area contributed by atoms with E-state index >= 15 is 0 Å². The van der Waals surface area contributed by atoms with Crippen LogP contribution in [0.25, 0.3) is 0 Å². The van der Waals surface area contributed by atoms with Gasteiger partial charge in [-0.3, -0.25) is 0 Å². The minimum atomic E-state index is -0.966. The van der Waals surface area contributed by atoms with Crippen LogP contribution in [-0.4, -0.2) is 34.5 Å². The maximum absolute atomic E-state index is 12.1. The van der Waals surface area contributed by atoms with Crippen molar-refractivity contribution in [3.63, 3.8) is 0 Å². The van der Waals surface area contributed by atoms with Crippen molar-refractivity contribution in [2.24, 2.45) is 34.5 Å². The lowest BCUT2D eigenvalue weighted by Crippen LogP contribution is -2.35. The number of allylic oxidation sites excluding steroid dienone is 22. The average Bonchev–Trinajstić information content (AvgIpc) is 3.11. The van der Waals surface area contributed by atoms with Crippen LogP contribution in [0.15, 0.2) is 153 Å². The Morgan fingerprint density at radius 3 is 1.44 bits per heavy atom. The SMILES string of the molecule is CC1=CC[C@H](C/C=C(\C)CO)C(C)(C)[C@@H]1/C=C/C(C)=C/C=C/C(C)=C/C=C(/C=C(C)/C=C/C=C(C)/C=C/[C@@H]1C(C)=CC[C@H](C/C=C(\C)CO)C1(C)C)C(=O)O. The number of carboxylic acids is 1. The van der Waals surface area contributed by atoms with Crippen molar-refractivity contribution in [1.82, 2.24) is 0 Å². The van der Waals surface area contributed by atoms with E-state index in [0.29, 0.717) is 23.7 Å². The standard InChI is InChI=1S/C51H72O4/c1-36(15-13-16-37(2)22-31-47-42(7)24-29-45(50(47,9)10)27-20-40(5)34-52)19-26-44(49(54)55)33-39(4)18-14-17-38(3)23-32-48-43(8)25-30-46(51(48,11)12)28-21-41(6)35-53/h13-26,31-33,45-48,52-53H,27-30,34-35H2,1-12H3,(H,54,55)/b15-13+,18-14+,31-22+,32-23+,36-19+,37-16+,38-17+,39-33+,40-20+,41-21+,44-26-/t45-,46-,47+,48+/m0/s1. The fraction of sp³-hybridized carbons (Fsp3) is 0.471. The highest BCUT2D eigenvalue weighted by molar-refractivity contribution is 5.90. The number of hydrogen-bond donors (Lipinski definition) is 3. The lowest BCUT2D eigenvalue weighted by Gasteiger charge is -2.43. The van der Waals surface area contributed by atoms with Gasteiger partial charge >= 0.3 is 5.97 Å². The fourth-order valence-electron chi connectivity index (χ4n) is 7.68. The molecule has 0 aromatic carbocycles. The molecular formula is C51H72O4. The van der Waals surface area contributed by atoms with Gasteiger partial charge in [0, 0.05) is 11.8 Å². The average molecular weight is 749 g/mol. The van der Waals surface area contributed by atoms with Crippen LogP contribution in [0.5, 0.6) is 0 Å². The molecule has 300 valence electrons. The van der Waals surface area contributed by atoms with E-state index in [-0.39, 0.29) is 29.6 Å². The maximum atomic E-state index is 12.1. The molecule has 0 amide bonds. The Labute approximate surface area is 335 Å². The smallest absolute Gasteiger partial charge is 0.335 e. The molecule has 0 fully saturated rings. The van der Waals surface area contributed by atoms with Gasteiger partial charge in [0.1, 0.15) is 0 Å². The first-order valence-corrected chi connectivity index (χ1v) is 20.1. The Kier molecular flexibility index (Phi) is 19.3. The second kappa shape index (κ2) is 22.5. The van der Waals surface area contributed by atoms with Crippen LogP contribution in [0.1, 0.15) is 109 Å². The molecular weight excluding hydrogens is 677 g/mol. The molecule has 2 aliphatic carbocycles. The Morgan fingerprint density at radius 1 is 0.636 bits per heavy atom. The van der Waals surface area contributed by atoms with Crippen LogP contribution < -0.4 is 0 Å². The minimum Gasteiger partial charge on any atom is -0.478 e. The number of aliphatic hydroxyl groups is 2. The highest BCUT2D eigenvalue weighted by Crippen LogP contribution is 2.48. The van der Waals surface area contributed by atoms with Gasteiger partial charge in [0.05, 0.1) is 18.8 Å². The Balaban J connectivity index is 2.09. The highest BCUT2D eigenvalue weighted by atomic mass is 16.4. The first-order chi connectivity index (χ1) is 25.8. The summed E-state index contributed by atoms with van der Waals surface area (Å²) >= 11 is 0. The van der Waals surface area contributed by atoms with E-state index in [4.69, 9.17) is 0 Å². The van der Waals surface area contributed by atoms with Crippen molar-refractivity contribution < 1.29 is 20.1 Å². The molecule has 0 aliphatic heterocycles. The van der Waals surface area contributed by atoms with Crippen LogP contribution in [0, 0.1) is 34.5 Å². The van der Waals surface area contributed by atoms with Gasteiger partial charge in [0.25, 0.3) is 0 Å². The molecule has 4 heteroatoms. The molecule has 0 aromatic rings. The van der Waals surface area contributed by atoms with Gasteiger partial charge in [-0.2, -0.15) is 0 Å². The summed E-state index contributed by atoms with van der Waals surface area (Å²) in [6.45, 7) is 26.1. The Hall–Kier alpha value is -3.99. The van der Waals surface area contributed by atoms with E-state index in [9.17, 15) is 20.1 Å². The molecule has 0 radical (unpaired) electrons. The third kappa shape index (κ3) is 15.2. The third-order valence-corrected chi connectivity index (χ3v) is 11.8. The van der Waals surface area contributed by atoms with Crippen molar-refractivity contribution in [2.45, 2.75) is 109 Å². The summed E-state index contributed by atoms with van der Waals surface area (Å²) < 4.78 is 0. The molecule has 2 aliphatic rings. The second-order valence-corrected chi connectivity index (χ2v) is 17.2. The number of hydrogen-bond acceptors (Lipinski definition) is 3. The molecule has 0 saturated heterocycles. The quantitative estimate of drug-likeness (QED) is 0.0786. The van der Waals surface area contributed by atoms with E-state index in [2.05, 4.69) is 116 Å². The van der Waals surface area contributed by atoms with Crippen LogP contribution in [0.2, 0.25) is 0 Å². The van der Waals surface area contributed by atoms with Gasteiger partial charge in [0.2, 0.25) is 0 Å². The predicted octanol–water partition coefficient (Wildman–Crippen LogP) is 12.9. The summed E-state index contributed by atoms with van der Waals surface area (Å²) in [5.74, 6) is 0.740. The minimum absolute atomic E-state index is 0.0970. The van der Waals surface area contributed by atoms with Crippen molar-refractivity contribution in [2.75, 3.05) is 13.2 Å². The molecule has 4 nitrogen and oxygen atoms in total. The molecule has 0 heterocycles. The molecule has 4 atom stereocenters. The van der Waals surface area contributed by atoms with Gasteiger partial charge in [-0.1, -0.05) is 163 Å². The summed E-state index contributed by atoms with van der Waals surface area (Å²) in [5.41, 5.74) is 9.37. The normalized spacial score (nSPS) is 25.1. The summed E-state index contributed by atoms with van der Waals surface area (Å²) in [6.07, 6.45) is 39.4. The molecule has 3 N–H and O–H groups in total. The zero-order valence-electron chi connectivity index (χ0n) is 36.1. The number of rotatable bonds is 17. The van der Waals surface area contributed by atoms with Crippen molar-refractivity contribution in [1.29, 1.82) is 0 Å². The number of carboxylic acid groups (broad SMARTS) is 1. The zero-order chi connectivity index (χ0) is 41.3. The lowest BCUT2D eigenvalue weighted by molar-refractivity contribution is -0.132. The van der Waals surface area contributed by atoms with Gasteiger partial charge in [-0.05, 0) is 116 Å². The van der Waals surface area contributed by atoms with Gasteiger partial charge < -0.3 is 15.3 Å². The largest absolute Gasteiger partial charge is 0.478 e. The maximum Gasteiger partial charge on any atom is 0.335 e. The zero-order valence-corrected chi connectivity index (χ0v) is 36.1. The van der Waals surface area contributed by atoms with E-state index in [1.165, 1.54) is 11.1 Å². The molecule has 0 bridgehead atoms. The Morgan fingerprint density at radius 2 is 1.04 bits per heavy atom. The molecule has 55 heavy (non-hydrogen) atoms. The van der Waals surface area contributed by atoms with E-state index < -0.39 is 5.97 Å². The number of aliphatic hydroxyl groups excluding tert-OH is 2. The van der Waals surface area contributed by atoms with Crippen molar-refractivity contribution in [3.05, 3.63) is 153 Å². The molecule has 0 aromatic heterocycles. The molecule has 0 saturated carbocycles. The molecule has 2 rings (SSSR count). The number of carbonyl (C=O) groups is 1. The highest BCUT2D eigenvalue weighted by Gasteiger charge is 2.39. The number of aliphatic carboxylic acids is 1. The van der Waals surface area contributed by atoms with E-state index in [0.717, 1.165) is 59.1 Å². The van der Waals surface area contributed by atoms with Crippen LogP contribution in [0.4, 0.5) is 0 Å². The first kappa shape index (κ1) is 47.2. The second-order valence-electron chi connectivity index (χ2n) is 17.2. The lowest BCUT2D eigenvalue weighted by atomic mass is 9.61. The topological polar surface area (TPSA) is 77.8 Å². The summed E-state index contributed by atoms with van der Waals surface area (Å²) in [6, 6.07) is 0. The van der Waals surface area contributed by atoms with Crippen LogP contribution in [0.3, 0.4) is 0 Å². The van der Waals surface area contributed by atoms with E-state index in [1.807, 2.05) is 58.1 Å². The summed E-state index contributed by atoms with van der Waals surface area (Å²) in [5, 5.41) is 28.7. The summed E-state index contributed by atoms with van der Waals surface area (Å²) in [7, 11) is 0.